The van der Waals surface area contributed by atoms with Crippen molar-refractivity contribution < 1.29 is 14.3 Å². The van der Waals surface area contributed by atoms with E-state index in [2.05, 4.69) is 34.6 Å². The predicted molar refractivity (Wildman–Crippen MR) is 117 cm³/mol. The van der Waals surface area contributed by atoms with Crippen molar-refractivity contribution in [1.82, 2.24) is 20.4 Å². The molecule has 0 saturated carbocycles. The van der Waals surface area contributed by atoms with Crippen LogP contribution in [0.3, 0.4) is 0 Å². The lowest BCUT2D eigenvalue weighted by molar-refractivity contribution is -0.149. The van der Waals surface area contributed by atoms with Gasteiger partial charge in [0.1, 0.15) is 12.3 Å². The van der Waals surface area contributed by atoms with Gasteiger partial charge in [-0.05, 0) is 23.6 Å². The van der Waals surface area contributed by atoms with Crippen LogP contribution >= 0.6 is 0 Å². The first-order valence-corrected chi connectivity index (χ1v) is 10.5. The normalized spacial score (nSPS) is 16.4. The summed E-state index contributed by atoms with van der Waals surface area (Å²) < 4.78 is 5.61. The highest BCUT2D eigenvalue weighted by Crippen LogP contribution is 2.19. The summed E-state index contributed by atoms with van der Waals surface area (Å²) in [4.78, 5) is 26.5. The van der Waals surface area contributed by atoms with Gasteiger partial charge in [-0.2, -0.15) is 5.10 Å². The first-order chi connectivity index (χ1) is 15.1. The number of morpholine rings is 1. The molecule has 2 amide bonds. The van der Waals surface area contributed by atoms with Gasteiger partial charge in [-0.3, -0.25) is 14.7 Å². The van der Waals surface area contributed by atoms with Crippen molar-refractivity contribution >= 4 is 11.8 Å². The Hall–Kier alpha value is -3.45. The van der Waals surface area contributed by atoms with E-state index >= 15 is 0 Å². The fraction of sp³-hybridized carbons (Fsp3) is 0.292. The average Bonchev–Trinajstić information content (AvgIpc) is 3.30. The number of aryl methyl sites for hydroxylation is 1. The van der Waals surface area contributed by atoms with E-state index in [0.717, 1.165) is 23.2 Å². The van der Waals surface area contributed by atoms with Crippen LogP contribution in [0.25, 0.3) is 11.3 Å². The zero-order valence-corrected chi connectivity index (χ0v) is 17.5. The minimum absolute atomic E-state index is 0.0231. The van der Waals surface area contributed by atoms with Crippen LogP contribution < -0.4 is 5.32 Å². The summed E-state index contributed by atoms with van der Waals surface area (Å²) in [5.74, 6) is -0.294. The summed E-state index contributed by atoms with van der Waals surface area (Å²) in [7, 11) is 0. The Morgan fingerprint density at radius 2 is 1.94 bits per heavy atom. The van der Waals surface area contributed by atoms with Crippen molar-refractivity contribution in [2.75, 3.05) is 19.7 Å². The minimum atomic E-state index is -0.255. The maximum Gasteiger partial charge on any atom is 0.269 e. The molecule has 2 N–H and O–H groups in total. The van der Waals surface area contributed by atoms with Crippen molar-refractivity contribution in [3.63, 3.8) is 0 Å². The van der Waals surface area contributed by atoms with E-state index in [0.29, 0.717) is 25.3 Å². The summed E-state index contributed by atoms with van der Waals surface area (Å²) in [5.41, 5.74) is 4.39. The number of nitrogens with one attached hydrogen (secondary N) is 2. The van der Waals surface area contributed by atoms with E-state index in [1.54, 1.807) is 11.0 Å². The lowest BCUT2D eigenvalue weighted by atomic mass is 10.1. The molecule has 31 heavy (non-hydrogen) atoms. The fourth-order valence-corrected chi connectivity index (χ4v) is 3.56. The van der Waals surface area contributed by atoms with Gasteiger partial charge in [0.05, 0.1) is 11.8 Å². The van der Waals surface area contributed by atoms with Crippen molar-refractivity contribution in [3.8, 4) is 11.3 Å². The highest BCUT2D eigenvalue weighted by Gasteiger charge is 2.27. The van der Waals surface area contributed by atoms with Crippen LogP contribution in [0.5, 0.6) is 0 Å². The van der Waals surface area contributed by atoms with E-state index in [1.165, 1.54) is 5.56 Å². The lowest BCUT2D eigenvalue weighted by Crippen LogP contribution is -2.50. The molecule has 1 atom stereocenters. The summed E-state index contributed by atoms with van der Waals surface area (Å²) in [5, 5.41) is 9.94. The van der Waals surface area contributed by atoms with E-state index < -0.39 is 0 Å². The van der Waals surface area contributed by atoms with Gasteiger partial charge in [-0.15, -0.1) is 0 Å². The third kappa shape index (κ3) is 5.19. The summed E-state index contributed by atoms with van der Waals surface area (Å²) in [6.07, 6.45) is 0.723. The van der Waals surface area contributed by atoms with Gasteiger partial charge in [0.2, 0.25) is 5.91 Å². The molecule has 0 aliphatic carbocycles. The lowest BCUT2D eigenvalue weighted by Gasteiger charge is -2.32. The van der Waals surface area contributed by atoms with Gasteiger partial charge < -0.3 is 15.0 Å². The van der Waals surface area contributed by atoms with Crippen molar-refractivity contribution in [2.24, 2.45) is 0 Å². The Bertz CT molecular complexity index is 1030. The molecular formula is C24H26N4O3. The molecule has 160 valence electrons. The number of nitrogens with zero attached hydrogens (tertiary/aromatic N) is 2. The molecule has 1 aliphatic heterocycles. The molecule has 4 rings (SSSR count). The van der Waals surface area contributed by atoms with Crippen LogP contribution in [0.15, 0.2) is 60.7 Å². The Labute approximate surface area is 181 Å². The number of ether oxygens (including phenoxy) is 1. The maximum absolute atomic E-state index is 12.6. The van der Waals surface area contributed by atoms with E-state index in [9.17, 15) is 9.59 Å². The average molecular weight is 418 g/mol. The second-order valence-corrected chi connectivity index (χ2v) is 7.62. The van der Waals surface area contributed by atoms with Gasteiger partial charge in [0, 0.05) is 25.2 Å². The van der Waals surface area contributed by atoms with Crippen LogP contribution in [0.4, 0.5) is 0 Å². The molecule has 0 bridgehead atoms. The first kappa shape index (κ1) is 20.8. The number of carbonyl (C=O) groups excluding carboxylic acids is 2. The molecular weight excluding hydrogens is 392 g/mol. The van der Waals surface area contributed by atoms with E-state index in [-0.39, 0.29) is 24.5 Å². The van der Waals surface area contributed by atoms with Crippen molar-refractivity contribution in [3.05, 3.63) is 77.5 Å². The van der Waals surface area contributed by atoms with Crippen LogP contribution in [0.1, 0.15) is 28.5 Å². The number of rotatable bonds is 7. The molecule has 2 aromatic carbocycles. The topological polar surface area (TPSA) is 87.3 Å². The number of H-pyrrole nitrogens is 1. The number of aromatic nitrogens is 2. The quantitative estimate of drug-likeness (QED) is 0.618. The van der Waals surface area contributed by atoms with Crippen LogP contribution in [0.2, 0.25) is 0 Å². The molecule has 0 radical (unpaired) electrons. The highest BCUT2D eigenvalue weighted by molar-refractivity contribution is 5.93. The number of carbonyl (C=O) groups is 2. The maximum atomic E-state index is 12.6. The predicted octanol–water partition coefficient (Wildman–Crippen LogP) is 2.80. The standard InChI is InChI=1S/C24H26N4O3/c1-2-17-8-10-19(11-9-17)21-12-22(27-26-21)24(30)25-13-20-15-28(23(29)16-31-20)14-18-6-4-3-5-7-18/h3-12,20H,2,13-16H2,1H3,(H,25,30)(H,26,27). The van der Waals surface area contributed by atoms with Crippen LogP contribution in [-0.2, 0) is 22.5 Å². The fourth-order valence-electron chi connectivity index (χ4n) is 3.56. The zero-order valence-electron chi connectivity index (χ0n) is 17.5. The third-order valence-electron chi connectivity index (χ3n) is 5.41. The molecule has 1 saturated heterocycles. The van der Waals surface area contributed by atoms with Crippen LogP contribution in [0, 0.1) is 0 Å². The molecule has 0 spiro atoms. The molecule has 1 unspecified atom stereocenters. The van der Waals surface area contributed by atoms with E-state index in [4.69, 9.17) is 4.74 Å². The van der Waals surface area contributed by atoms with Gasteiger partial charge in [0.15, 0.2) is 0 Å². The second-order valence-electron chi connectivity index (χ2n) is 7.62. The molecule has 1 aliphatic rings. The molecule has 2 heterocycles. The Kier molecular flexibility index (Phi) is 6.43. The number of aromatic amines is 1. The smallest absolute Gasteiger partial charge is 0.269 e. The van der Waals surface area contributed by atoms with Gasteiger partial charge in [0.25, 0.3) is 5.91 Å². The van der Waals surface area contributed by atoms with Gasteiger partial charge >= 0.3 is 0 Å². The Balaban J connectivity index is 1.32. The van der Waals surface area contributed by atoms with Crippen molar-refractivity contribution in [2.45, 2.75) is 26.0 Å². The SMILES string of the molecule is CCc1ccc(-c2cc(C(=O)NCC3CN(Cc4ccccc4)C(=O)CO3)[nH]n2)cc1. The number of hydrogen-bond acceptors (Lipinski definition) is 4. The summed E-state index contributed by atoms with van der Waals surface area (Å²) in [6, 6.07) is 19.7. The zero-order chi connectivity index (χ0) is 21.6. The Morgan fingerprint density at radius 1 is 1.16 bits per heavy atom. The number of hydrogen-bond donors (Lipinski definition) is 2. The van der Waals surface area contributed by atoms with Gasteiger partial charge in [-0.1, -0.05) is 61.5 Å². The molecule has 7 nitrogen and oxygen atoms in total. The van der Waals surface area contributed by atoms with Crippen molar-refractivity contribution in [1.29, 1.82) is 0 Å². The first-order valence-electron chi connectivity index (χ1n) is 10.5. The molecule has 1 fully saturated rings. The van der Waals surface area contributed by atoms with Crippen LogP contribution in [-0.4, -0.2) is 52.7 Å². The minimum Gasteiger partial charge on any atom is -0.365 e. The second kappa shape index (κ2) is 9.57. The highest BCUT2D eigenvalue weighted by atomic mass is 16.5. The molecule has 1 aromatic heterocycles. The summed E-state index contributed by atoms with van der Waals surface area (Å²) in [6.45, 7) is 3.42. The van der Waals surface area contributed by atoms with E-state index in [1.807, 2.05) is 42.5 Å². The molecule has 7 heteroatoms. The monoisotopic (exact) mass is 418 g/mol. The largest absolute Gasteiger partial charge is 0.365 e. The summed E-state index contributed by atoms with van der Waals surface area (Å²) >= 11 is 0. The molecule has 3 aromatic rings. The number of amides is 2. The third-order valence-corrected chi connectivity index (χ3v) is 5.41. The number of benzene rings is 2. The Morgan fingerprint density at radius 3 is 2.68 bits per heavy atom. The van der Waals surface area contributed by atoms with Gasteiger partial charge in [-0.25, -0.2) is 0 Å².